The van der Waals surface area contributed by atoms with Crippen LogP contribution < -0.4 is 0 Å². The smallest absolute Gasteiger partial charge is 0.244 e. The molecule has 50 valence electrons. The van der Waals surface area contributed by atoms with E-state index in [0.29, 0.717) is 0 Å². The Hall–Kier alpha value is 0.01000. The van der Waals surface area contributed by atoms with Gasteiger partial charge < -0.3 is 0 Å². The average Bonchev–Trinajstić information content (AvgIpc) is 1.67. The zero-order valence-electron chi connectivity index (χ0n) is 3.67. The molecule has 0 aromatic heterocycles. The van der Waals surface area contributed by atoms with Gasteiger partial charge in [0, 0.05) is 0 Å². The highest BCUT2D eigenvalue weighted by Gasteiger charge is 2.38. The monoisotopic (exact) mass is 150 g/mol. The summed E-state index contributed by atoms with van der Waals surface area (Å²) in [5.74, 6) is -4.03. The summed E-state index contributed by atoms with van der Waals surface area (Å²) in [4.78, 5) is 0. The topological polar surface area (TPSA) is 0 Å². The summed E-state index contributed by atoms with van der Waals surface area (Å²) in [6.07, 6.45) is 0. The first kappa shape index (κ1) is 8.01. The molecule has 0 spiro atoms. The Balaban J connectivity index is 3.71. The molecule has 0 aromatic rings. The van der Waals surface area contributed by atoms with Crippen molar-refractivity contribution >= 4 is 11.6 Å². The fourth-order valence-corrected chi connectivity index (χ4v) is 0.117. The Bertz CT molecular complexity index is 71.7. The van der Waals surface area contributed by atoms with Crippen LogP contribution >= 0.6 is 11.6 Å². The van der Waals surface area contributed by atoms with Crippen molar-refractivity contribution in [3.05, 3.63) is 0 Å². The van der Waals surface area contributed by atoms with E-state index < -0.39 is 18.2 Å². The predicted octanol–water partition coefficient (Wildman–Crippen LogP) is 2.13. The van der Waals surface area contributed by atoms with Crippen LogP contribution in [-0.2, 0) is 0 Å². The summed E-state index contributed by atoms with van der Waals surface area (Å²) in [5.41, 5.74) is -2.92. The molecular formula is C3H3ClF4. The predicted molar refractivity (Wildman–Crippen MR) is 21.7 cm³/mol. The summed E-state index contributed by atoms with van der Waals surface area (Å²) < 4.78 is 45.0. The van der Waals surface area contributed by atoms with Gasteiger partial charge in [0.2, 0.25) is 5.63 Å². The van der Waals surface area contributed by atoms with Gasteiger partial charge in [-0.2, -0.15) is 8.78 Å². The van der Waals surface area contributed by atoms with Gasteiger partial charge in [0.1, 0.15) is 0 Å². The van der Waals surface area contributed by atoms with Crippen LogP contribution in [0.2, 0.25) is 0 Å². The highest BCUT2D eigenvalue weighted by molar-refractivity contribution is 6.20. The third kappa shape index (κ3) is 1.86. The maximum atomic E-state index is 11.4. The molecule has 0 aromatic carbocycles. The zero-order valence-corrected chi connectivity index (χ0v) is 4.43. The number of hydrogen-bond donors (Lipinski definition) is 0. The van der Waals surface area contributed by atoms with Crippen molar-refractivity contribution < 1.29 is 17.6 Å². The van der Waals surface area contributed by atoms with Crippen LogP contribution in [0.1, 0.15) is 0 Å². The molecule has 0 saturated heterocycles. The van der Waals surface area contributed by atoms with Gasteiger partial charge in [0.15, 0.2) is 6.67 Å². The molecule has 0 bridgehead atoms. The summed E-state index contributed by atoms with van der Waals surface area (Å²) in [6, 6.07) is 0. The second-order valence-corrected chi connectivity index (χ2v) is 1.58. The molecule has 0 nitrogen and oxygen atoms in total. The lowest BCUT2D eigenvalue weighted by Crippen LogP contribution is -2.27. The summed E-state index contributed by atoms with van der Waals surface area (Å²) in [7, 11) is 0. The SMILES string of the molecule is FCC(F)(F)C(F)Cl. The summed E-state index contributed by atoms with van der Waals surface area (Å²) in [5, 5.41) is 0. The van der Waals surface area contributed by atoms with Crippen LogP contribution in [0.5, 0.6) is 0 Å². The molecule has 8 heavy (non-hydrogen) atoms. The Kier molecular flexibility index (Phi) is 2.53. The van der Waals surface area contributed by atoms with Crippen molar-refractivity contribution in [3.63, 3.8) is 0 Å². The Labute approximate surface area is 48.4 Å². The first-order chi connectivity index (χ1) is 3.50. The molecule has 0 rings (SSSR count). The van der Waals surface area contributed by atoms with E-state index in [2.05, 4.69) is 11.6 Å². The van der Waals surface area contributed by atoms with E-state index >= 15 is 0 Å². The van der Waals surface area contributed by atoms with E-state index in [1.165, 1.54) is 0 Å². The molecule has 1 unspecified atom stereocenters. The standard InChI is InChI=1S/C3H3ClF4/c4-2(6)3(7,8)1-5/h2H,1H2. The Morgan fingerprint density at radius 3 is 1.88 bits per heavy atom. The molecule has 0 aliphatic carbocycles. The molecule has 0 aliphatic heterocycles. The minimum atomic E-state index is -4.03. The van der Waals surface area contributed by atoms with Gasteiger partial charge in [-0.3, -0.25) is 0 Å². The number of alkyl halides is 5. The van der Waals surface area contributed by atoms with Crippen molar-refractivity contribution in [3.8, 4) is 0 Å². The molecule has 1 atom stereocenters. The van der Waals surface area contributed by atoms with Gasteiger partial charge >= 0.3 is 5.92 Å². The molecule has 5 heteroatoms. The third-order valence-electron chi connectivity index (χ3n) is 0.497. The van der Waals surface area contributed by atoms with E-state index in [-0.39, 0.29) is 0 Å². The highest BCUT2D eigenvalue weighted by atomic mass is 35.5. The number of halogens is 5. The van der Waals surface area contributed by atoms with Crippen molar-refractivity contribution in [2.24, 2.45) is 0 Å². The van der Waals surface area contributed by atoms with E-state index in [0.717, 1.165) is 0 Å². The van der Waals surface area contributed by atoms with Crippen LogP contribution in [0.15, 0.2) is 0 Å². The molecule has 0 fully saturated rings. The minimum absolute atomic E-state index is 2.06. The Morgan fingerprint density at radius 1 is 1.50 bits per heavy atom. The molecule has 0 saturated carbocycles. The van der Waals surface area contributed by atoms with Gasteiger partial charge in [-0.25, -0.2) is 8.78 Å². The minimum Gasteiger partial charge on any atom is -0.244 e. The first-order valence-electron chi connectivity index (χ1n) is 1.72. The van der Waals surface area contributed by atoms with Crippen LogP contribution in [-0.4, -0.2) is 18.2 Å². The van der Waals surface area contributed by atoms with E-state index in [9.17, 15) is 17.6 Å². The van der Waals surface area contributed by atoms with E-state index in [4.69, 9.17) is 0 Å². The van der Waals surface area contributed by atoms with Gasteiger partial charge in [0.25, 0.3) is 0 Å². The van der Waals surface area contributed by atoms with Crippen molar-refractivity contribution in [2.75, 3.05) is 6.67 Å². The van der Waals surface area contributed by atoms with Gasteiger partial charge in [0.05, 0.1) is 0 Å². The van der Waals surface area contributed by atoms with Crippen LogP contribution in [0.25, 0.3) is 0 Å². The van der Waals surface area contributed by atoms with Crippen molar-refractivity contribution in [1.82, 2.24) is 0 Å². The lowest BCUT2D eigenvalue weighted by atomic mass is 10.4. The quantitative estimate of drug-likeness (QED) is 0.418. The van der Waals surface area contributed by atoms with Crippen molar-refractivity contribution in [2.45, 2.75) is 11.6 Å². The normalized spacial score (nSPS) is 16.1. The maximum absolute atomic E-state index is 11.4. The number of hydrogen-bond acceptors (Lipinski definition) is 0. The van der Waals surface area contributed by atoms with E-state index in [1.54, 1.807) is 0 Å². The second-order valence-electron chi connectivity index (χ2n) is 1.20. The van der Waals surface area contributed by atoms with Gasteiger partial charge in [-0.15, -0.1) is 0 Å². The Morgan fingerprint density at radius 2 is 1.88 bits per heavy atom. The largest absolute Gasteiger partial charge is 0.320 e. The molecule has 0 radical (unpaired) electrons. The fourth-order valence-electron chi connectivity index (χ4n) is 0.0583. The lowest BCUT2D eigenvalue weighted by Gasteiger charge is -2.09. The van der Waals surface area contributed by atoms with Crippen LogP contribution in [0.3, 0.4) is 0 Å². The van der Waals surface area contributed by atoms with Gasteiger partial charge in [-0.1, -0.05) is 11.6 Å². The first-order valence-corrected chi connectivity index (χ1v) is 2.16. The highest BCUT2D eigenvalue weighted by Crippen LogP contribution is 2.24. The molecular weight excluding hydrogens is 147 g/mol. The second kappa shape index (κ2) is 2.53. The molecule has 0 N–H and O–H groups in total. The third-order valence-corrected chi connectivity index (χ3v) is 0.817. The summed E-state index contributed by atoms with van der Waals surface area (Å²) in [6.45, 7) is -2.06. The van der Waals surface area contributed by atoms with Crippen molar-refractivity contribution in [1.29, 1.82) is 0 Å². The fraction of sp³-hybridized carbons (Fsp3) is 1.00. The number of rotatable bonds is 2. The molecule has 0 heterocycles. The average molecular weight is 151 g/mol. The van der Waals surface area contributed by atoms with Crippen LogP contribution in [0, 0.1) is 0 Å². The molecule has 0 amide bonds. The maximum Gasteiger partial charge on any atom is 0.320 e. The summed E-state index contributed by atoms with van der Waals surface area (Å²) >= 11 is 4.21. The lowest BCUT2D eigenvalue weighted by molar-refractivity contribution is -0.0585. The zero-order chi connectivity index (χ0) is 6.78. The molecule has 0 aliphatic rings. The van der Waals surface area contributed by atoms with Crippen LogP contribution in [0.4, 0.5) is 17.6 Å². The van der Waals surface area contributed by atoms with E-state index in [1.807, 2.05) is 0 Å². The van der Waals surface area contributed by atoms with Gasteiger partial charge in [-0.05, 0) is 0 Å².